The molecule has 0 N–H and O–H groups in total. The Kier molecular flexibility index (Phi) is 24.2. The van der Waals surface area contributed by atoms with E-state index >= 15 is 0 Å². The average molecular weight is 410 g/mol. The highest BCUT2D eigenvalue weighted by Crippen LogP contribution is 2.18. The van der Waals surface area contributed by atoms with Crippen molar-refractivity contribution >= 4 is 0 Å². The summed E-state index contributed by atoms with van der Waals surface area (Å²) in [5.41, 5.74) is 0. The van der Waals surface area contributed by atoms with E-state index in [0.29, 0.717) is 0 Å². The molecule has 0 radical (unpaired) electrons. The first-order valence-electron chi connectivity index (χ1n) is 14.0. The fourth-order valence-corrected chi connectivity index (χ4v) is 4.68. The molecular formula is C28H59N. The minimum Gasteiger partial charge on any atom is -0.303 e. The second kappa shape index (κ2) is 24.2. The van der Waals surface area contributed by atoms with Crippen LogP contribution in [0.1, 0.15) is 162 Å². The molecule has 0 spiro atoms. The molecule has 0 aliphatic rings. The molecule has 0 amide bonds. The van der Waals surface area contributed by atoms with Crippen LogP contribution in [0.25, 0.3) is 0 Å². The monoisotopic (exact) mass is 409 g/mol. The van der Waals surface area contributed by atoms with Crippen LogP contribution in [0.5, 0.6) is 0 Å². The average Bonchev–Trinajstić information content (AvgIpc) is 2.72. The second-order valence-corrected chi connectivity index (χ2v) is 9.72. The summed E-state index contributed by atoms with van der Waals surface area (Å²) >= 11 is 0. The maximum absolute atomic E-state index is 2.64. The van der Waals surface area contributed by atoms with Crippen molar-refractivity contribution in [1.29, 1.82) is 0 Å². The Morgan fingerprint density at radius 1 is 0.414 bits per heavy atom. The molecule has 176 valence electrons. The summed E-state index contributed by atoms with van der Waals surface area (Å²) in [4.78, 5) is 2.64. The van der Waals surface area contributed by atoms with E-state index in [1.165, 1.54) is 148 Å². The maximum Gasteiger partial charge on any atom is 0.00922 e. The maximum atomic E-state index is 2.64. The van der Waals surface area contributed by atoms with Gasteiger partial charge in [0.1, 0.15) is 0 Å². The Morgan fingerprint density at radius 3 is 1.10 bits per heavy atom. The van der Waals surface area contributed by atoms with Gasteiger partial charge in [-0.1, -0.05) is 143 Å². The predicted octanol–water partition coefficient (Wildman–Crippen LogP) is 9.93. The third-order valence-corrected chi connectivity index (χ3v) is 6.73. The molecule has 0 aliphatic carbocycles. The highest BCUT2D eigenvalue weighted by molar-refractivity contribution is 4.69. The molecule has 0 aromatic rings. The first kappa shape index (κ1) is 29.0. The van der Waals surface area contributed by atoms with Crippen LogP contribution < -0.4 is 0 Å². The lowest BCUT2D eigenvalue weighted by atomic mass is 9.99. The predicted molar refractivity (Wildman–Crippen MR) is 135 cm³/mol. The summed E-state index contributed by atoms with van der Waals surface area (Å²) in [7, 11) is 2.35. The van der Waals surface area contributed by atoms with Gasteiger partial charge < -0.3 is 4.90 Å². The molecule has 0 saturated heterocycles. The smallest absolute Gasteiger partial charge is 0.00922 e. The van der Waals surface area contributed by atoms with Crippen molar-refractivity contribution in [2.45, 2.75) is 168 Å². The Balaban J connectivity index is 3.42. The van der Waals surface area contributed by atoms with E-state index in [0.717, 1.165) is 6.04 Å². The first-order chi connectivity index (χ1) is 14.3. The summed E-state index contributed by atoms with van der Waals surface area (Å²) < 4.78 is 0. The van der Waals surface area contributed by atoms with Crippen LogP contribution in [0.15, 0.2) is 0 Å². The Bertz CT molecular complexity index is 288. The van der Waals surface area contributed by atoms with Crippen LogP contribution >= 0.6 is 0 Å². The number of hydrogen-bond donors (Lipinski definition) is 0. The van der Waals surface area contributed by atoms with Gasteiger partial charge in [-0.05, 0) is 32.9 Å². The van der Waals surface area contributed by atoms with Gasteiger partial charge in [-0.2, -0.15) is 0 Å². The van der Waals surface area contributed by atoms with Gasteiger partial charge in [0.2, 0.25) is 0 Å². The third kappa shape index (κ3) is 21.0. The zero-order valence-corrected chi connectivity index (χ0v) is 21.3. The van der Waals surface area contributed by atoms with Crippen LogP contribution in [0, 0.1) is 0 Å². The molecule has 0 rings (SSSR count). The first-order valence-corrected chi connectivity index (χ1v) is 14.0. The lowest BCUT2D eigenvalue weighted by Crippen LogP contribution is -2.32. The van der Waals surface area contributed by atoms with Crippen molar-refractivity contribution in [2.75, 3.05) is 13.6 Å². The van der Waals surface area contributed by atoms with Crippen molar-refractivity contribution in [3.63, 3.8) is 0 Å². The quantitative estimate of drug-likeness (QED) is 0.143. The summed E-state index contributed by atoms with van der Waals surface area (Å²) in [6, 6.07) is 0.841. The molecule has 0 aliphatic heterocycles. The Hall–Kier alpha value is -0.0400. The van der Waals surface area contributed by atoms with Crippen LogP contribution in [0.2, 0.25) is 0 Å². The molecule has 0 aromatic carbocycles. The molecule has 0 fully saturated rings. The van der Waals surface area contributed by atoms with Crippen LogP contribution in [-0.2, 0) is 0 Å². The van der Waals surface area contributed by atoms with E-state index in [4.69, 9.17) is 0 Å². The Morgan fingerprint density at radius 2 is 0.724 bits per heavy atom. The lowest BCUT2D eigenvalue weighted by molar-refractivity contribution is 0.210. The van der Waals surface area contributed by atoms with Crippen LogP contribution in [0.3, 0.4) is 0 Å². The number of rotatable bonds is 24. The van der Waals surface area contributed by atoms with E-state index in [1.807, 2.05) is 0 Å². The molecule has 1 unspecified atom stereocenters. The van der Waals surface area contributed by atoms with Crippen molar-refractivity contribution in [3.8, 4) is 0 Å². The van der Waals surface area contributed by atoms with E-state index in [1.54, 1.807) is 0 Å². The van der Waals surface area contributed by atoms with Crippen molar-refractivity contribution in [3.05, 3.63) is 0 Å². The van der Waals surface area contributed by atoms with Gasteiger partial charge in [0, 0.05) is 6.04 Å². The van der Waals surface area contributed by atoms with Crippen LogP contribution in [-0.4, -0.2) is 24.5 Å². The van der Waals surface area contributed by atoms with Gasteiger partial charge in [0.25, 0.3) is 0 Å². The SMILES string of the molecule is CCCCCCCCCCCCCCCCCCC(CCCCC)N(C)CCC. The molecular weight excluding hydrogens is 350 g/mol. The van der Waals surface area contributed by atoms with Gasteiger partial charge in [-0.15, -0.1) is 0 Å². The molecule has 0 aromatic heterocycles. The zero-order chi connectivity index (χ0) is 21.4. The fourth-order valence-electron chi connectivity index (χ4n) is 4.68. The molecule has 0 saturated carbocycles. The summed E-state index contributed by atoms with van der Waals surface area (Å²) in [6.07, 6.45) is 31.8. The second-order valence-electron chi connectivity index (χ2n) is 9.72. The van der Waals surface area contributed by atoms with Gasteiger partial charge in [0.15, 0.2) is 0 Å². The Labute approximate surface area is 186 Å². The number of hydrogen-bond acceptors (Lipinski definition) is 1. The van der Waals surface area contributed by atoms with Crippen molar-refractivity contribution in [2.24, 2.45) is 0 Å². The van der Waals surface area contributed by atoms with E-state index < -0.39 is 0 Å². The third-order valence-electron chi connectivity index (χ3n) is 6.73. The van der Waals surface area contributed by atoms with Crippen molar-refractivity contribution < 1.29 is 0 Å². The molecule has 0 heterocycles. The largest absolute Gasteiger partial charge is 0.303 e. The molecule has 1 heteroatoms. The standard InChI is InChI=1S/C28H59N/c1-5-8-10-11-12-13-14-15-16-17-18-19-20-21-22-24-26-28(25-23-9-6-2)29(4)27-7-3/h28H,5-27H2,1-4H3. The molecule has 1 nitrogen and oxygen atoms in total. The van der Waals surface area contributed by atoms with Gasteiger partial charge in [0.05, 0.1) is 0 Å². The number of nitrogens with zero attached hydrogens (tertiary/aromatic N) is 1. The van der Waals surface area contributed by atoms with Gasteiger partial charge in [-0.3, -0.25) is 0 Å². The summed E-state index contributed by atoms with van der Waals surface area (Å²) in [5.74, 6) is 0. The number of unbranched alkanes of at least 4 members (excludes halogenated alkanes) is 17. The zero-order valence-electron chi connectivity index (χ0n) is 21.3. The minimum atomic E-state index is 0.841. The summed E-state index contributed by atoms with van der Waals surface area (Å²) in [5, 5.41) is 0. The van der Waals surface area contributed by atoms with E-state index in [9.17, 15) is 0 Å². The lowest BCUT2D eigenvalue weighted by Gasteiger charge is -2.28. The van der Waals surface area contributed by atoms with Gasteiger partial charge >= 0.3 is 0 Å². The minimum absolute atomic E-state index is 0.841. The molecule has 1 atom stereocenters. The van der Waals surface area contributed by atoms with E-state index in [2.05, 4.69) is 32.7 Å². The highest BCUT2D eigenvalue weighted by Gasteiger charge is 2.13. The molecule has 0 bridgehead atoms. The van der Waals surface area contributed by atoms with E-state index in [-0.39, 0.29) is 0 Å². The van der Waals surface area contributed by atoms with Crippen LogP contribution in [0.4, 0.5) is 0 Å². The normalized spacial score (nSPS) is 12.7. The van der Waals surface area contributed by atoms with Gasteiger partial charge in [-0.25, -0.2) is 0 Å². The topological polar surface area (TPSA) is 3.24 Å². The fraction of sp³-hybridized carbons (Fsp3) is 1.00. The highest BCUT2D eigenvalue weighted by atomic mass is 15.1. The van der Waals surface area contributed by atoms with Crippen molar-refractivity contribution in [1.82, 2.24) is 4.90 Å². The molecule has 29 heavy (non-hydrogen) atoms. The summed E-state index contributed by atoms with van der Waals surface area (Å²) in [6.45, 7) is 8.21.